The van der Waals surface area contributed by atoms with Crippen LogP contribution in [0.3, 0.4) is 0 Å². The van der Waals surface area contributed by atoms with E-state index >= 15 is 0 Å². The third kappa shape index (κ3) is 2.53. The molecule has 0 bridgehead atoms. The highest BCUT2D eigenvalue weighted by atomic mass is 32.2. The highest BCUT2D eigenvalue weighted by Gasteiger charge is 2.37. The largest absolute Gasteiger partial charge is 0.468 e. The average molecular weight is 250 g/mol. The molecular formula is C9H18N2O4S. The summed E-state index contributed by atoms with van der Waals surface area (Å²) in [5.41, 5.74) is 0. The van der Waals surface area contributed by atoms with Crippen molar-refractivity contribution in [3.05, 3.63) is 0 Å². The minimum absolute atomic E-state index is 0.133. The van der Waals surface area contributed by atoms with Crippen LogP contribution in [0.4, 0.5) is 0 Å². The predicted octanol–water partition coefficient (Wildman–Crippen LogP) is -0.829. The first-order chi connectivity index (χ1) is 7.41. The Morgan fingerprint density at radius 1 is 1.56 bits per heavy atom. The summed E-state index contributed by atoms with van der Waals surface area (Å²) < 4.78 is 30.0. The zero-order valence-electron chi connectivity index (χ0n) is 9.76. The molecule has 6 nitrogen and oxygen atoms in total. The van der Waals surface area contributed by atoms with Gasteiger partial charge in [-0.25, -0.2) is 8.42 Å². The second kappa shape index (κ2) is 5.11. The molecule has 1 rings (SSSR count). The number of sulfonamides is 1. The van der Waals surface area contributed by atoms with Gasteiger partial charge in [-0.3, -0.25) is 4.79 Å². The lowest BCUT2D eigenvalue weighted by Crippen LogP contribution is -2.55. The van der Waals surface area contributed by atoms with Gasteiger partial charge in [-0.1, -0.05) is 0 Å². The topological polar surface area (TPSA) is 75.7 Å². The van der Waals surface area contributed by atoms with E-state index < -0.39 is 21.2 Å². The van der Waals surface area contributed by atoms with E-state index in [0.717, 1.165) is 0 Å². The number of rotatable bonds is 3. The molecule has 0 aromatic carbocycles. The van der Waals surface area contributed by atoms with E-state index in [4.69, 9.17) is 0 Å². The Labute approximate surface area is 96.0 Å². The van der Waals surface area contributed by atoms with Crippen molar-refractivity contribution in [3.63, 3.8) is 0 Å². The minimum atomic E-state index is -3.60. The first-order valence-electron chi connectivity index (χ1n) is 5.20. The summed E-state index contributed by atoms with van der Waals surface area (Å²) in [5, 5.41) is 1.96. The van der Waals surface area contributed by atoms with Crippen LogP contribution in [-0.4, -0.2) is 56.7 Å². The summed E-state index contributed by atoms with van der Waals surface area (Å²) in [6, 6.07) is -0.133. The monoisotopic (exact) mass is 250 g/mol. The van der Waals surface area contributed by atoms with E-state index in [9.17, 15) is 13.2 Å². The molecule has 1 unspecified atom stereocenters. The highest BCUT2D eigenvalue weighted by molar-refractivity contribution is 7.90. The lowest BCUT2D eigenvalue weighted by molar-refractivity contribution is -0.139. The van der Waals surface area contributed by atoms with Crippen molar-refractivity contribution >= 4 is 16.0 Å². The minimum Gasteiger partial charge on any atom is -0.468 e. The fourth-order valence-electron chi connectivity index (χ4n) is 1.69. The number of piperazine rings is 1. The molecule has 2 atom stereocenters. The highest BCUT2D eigenvalue weighted by Crippen LogP contribution is 2.15. The molecule has 0 aliphatic carbocycles. The molecule has 1 aliphatic heterocycles. The fraction of sp³-hybridized carbons (Fsp3) is 0.889. The maximum atomic E-state index is 12.1. The molecule has 16 heavy (non-hydrogen) atoms. The summed E-state index contributed by atoms with van der Waals surface area (Å²) in [4.78, 5) is 11.3. The Kier molecular flexibility index (Phi) is 4.28. The van der Waals surface area contributed by atoms with Gasteiger partial charge in [-0.15, -0.1) is 0 Å². The summed E-state index contributed by atoms with van der Waals surface area (Å²) in [6.45, 7) is 4.78. The lowest BCUT2D eigenvalue weighted by Gasteiger charge is -2.34. The van der Waals surface area contributed by atoms with Gasteiger partial charge in [0.05, 0.1) is 7.11 Å². The number of ether oxygens (including phenoxy) is 1. The van der Waals surface area contributed by atoms with E-state index in [-0.39, 0.29) is 6.04 Å². The zero-order valence-corrected chi connectivity index (χ0v) is 10.6. The Hall–Kier alpha value is -0.660. The molecule has 1 fully saturated rings. The molecule has 0 aromatic rings. The summed E-state index contributed by atoms with van der Waals surface area (Å²) in [6.07, 6.45) is 0. The number of nitrogens with one attached hydrogen (secondary N) is 1. The second-order valence-corrected chi connectivity index (χ2v) is 6.08. The standard InChI is InChI=1S/C9H18N2O4S/c1-7-6-10-4-5-11(7)16(13,14)8(2)9(12)15-3/h7-8,10H,4-6H2,1-3H3/t7-,8?/m1/s1. The molecule has 94 valence electrons. The second-order valence-electron chi connectivity index (χ2n) is 3.87. The van der Waals surface area contributed by atoms with Gasteiger partial charge in [0.1, 0.15) is 0 Å². The van der Waals surface area contributed by atoms with E-state index in [1.54, 1.807) is 0 Å². The van der Waals surface area contributed by atoms with Gasteiger partial charge in [0.15, 0.2) is 5.25 Å². The number of hydrogen-bond acceptors (Lipinski definition) is 5. The Morgan fingerprint density at radius 3 is 2.69 bits per heavy atom. The number of esters is 1. The molecule has 0 spiro atoms. The molecule has 1 saturated heterocycles. The third-order valence-corrected chi connectivity index (χ3v) is 5.03. The number of hydrogen-bond donors (Lipinski definition) is 1. The molecule has 0 radical (unpaired) electrons. The summed E-state index contributed by atoms with van der Waals surface area (Å²) in [5.74, 6) is -0.717. The molecule has 1 aliphatic rings. The lowest BCUT2D eigenvalue weighted by atomic mass is 10.3. The van der Waals surface area contributed by atoms with Gasteiger partial charge < -0.3 is 10.1 Å². The van der Waals surface area contributed by atoms with Gasteiger partial charge in [0.25, 0.3) is 0 Å². The predicted molar refractivity (Wildman–Crippen MR) is 59.4 cm³/mol. The van der Waals surface area contributed by atoms with Crippen LogP contribution in [0.5, 0.6) is 0 Å². The van der Waals surface area contributed by atoms with Crippen molar-refractivity contribution in [2.45, 2.75) is 25.1 Å². The quantitative estimate of drug-likeness (QED) is 0.662. The molecule has 7 heteroatoms. The van der Waals surface area contributed by atoms with E-state index in [1.165, 1.54) is 18.3 Å². The van der Waals surface area contributed by atoms with Gasteiger partial charge in [0, 0.05) is 25.7 Å². The SMILES string of the molecule is COC(=O)C(C)S(=O)(=O)N1CCNC[C@H]1C. The average Bonchev–Trinajstić information content (AvgIpc) is 2.27. The Bertz CT molecular complexity index is 355. The maximum absolute atomic E-state index is 12.1. The Morgan fingerprint density at radius 2 is 2.19 bits per heavy atom. The van der Waals surface area contributed by atoms with Crippen molar-refractivity contribution in [1.29, 1.82) is 0 Å². The zero-order chi connectivity index (χ0) is 12.3. The van der Waals surface area contributed by atoms with Crippen LogP contribution in [0.25, 0.3) is 0 Å². The third-order valence-electron chi connectivity index (χ3n) is 2.75. The number of nitrogens with zero attached hydrogens (tertiary/aromatic N) is 1. The molecular weight excluding hydrogens is 232 g/mol. The fourth-order valence-corrected chi connectivity index (χ4v) is 3.36. The van der Waals surface area contributed by atoms with Gasteiger partial charge in [-0.05, 0) is 13.8 Å². The van der Waals surface area contributed by atoms with Crippen molar-refractivity contribution in [1.82, 2.24) is 9.62 Å². The van der Waals surface area contributed by atoms with Crippen LogP contribution in [-0.2, 0) is 19.6 Å². The molecule has 1 N–H and O–H groups in total. The smallest absolute Gasteiger partial charge is 0.325 e. The molecule has 0 amide bonds. The van der Waals surface area contributed by atoms with Gasteiger partial charge >= 0.3 is 5.97 Å². The van der Waals surface area contributed by atoms with Crippen LogP contribution in [0.1, 0.15) is 13.8 Å². The molecule has 1 heterocycles. The van der Waals surface area contributed by atoms with Crippen LogP contribution in [0, 0.1) is 0 Å². The van der Waals surface area contributed by atoms with E-state index in [1.807, 2.05) is 6.92 Å². The van der Waals surface area contributed by atoms with Gasteiger partial charge in [-0.2, -0.15) is 4.31 Å². The van der Waals surface area contributed by atoms with Crippen molar-refractivity contribution in [2.24, 2.45) is 0 Å². The normalized spacial score (nSPS) is 25.1. The number of methoxy groups -OCH3 is 1. The number of carbonyl (C=O) groups is 1. The van der Waals surface area contributed by atoms with Crippen molar-refractivity contribution in [2.75, 3.05) is 26.7 Å². The maximum Gasteiger partial charge on any atom is 0.325 e. The summed E-state index contributed by atoms with van der Waals surface area (Å²) in [7, 11) is -2.41. The molecule has 0 saturated carbocycles. The van der Waals surface area contributed by atoms with Crippen molar-refractivity contribution < 1.29 is 17.9 Å². The van der Waals surface area contributed by atoms with Crippen LogP contribution in [0.2, 0.25) is 0 Å². The van der Waals surface area contributed by atoms with Crippen molar-refractivity contribution in [3.8, 4) is 0 Å². The van der Waals surface area contributed by atoms with E-state index in [2.05, 4.69) is 10.1 Å². The molecule has 0 aromatic heterocycles. The van der Waals surface area contributed by atoms with Gasteiger partial charge in [0.2, 0.25) is 10.0 Å². The van der Waals surface area contributed by atoms with Crippen LogP contribution < -0.4 is 5.32 Å². The first-order valence-corrected chi connectivity index (χ1v) is 6.70. The summed E-state index contributed by atoms with van der Waals surface area (Å²) >= 11 is 0. The number of carbonyl (C=O) groups excluding carboxylic acids is 1. The Balaban J connectivity index is 2.87. The van der Waals surface area contributed by atoms with Crippen LogP contribution >= 0.6 is 0 Å². The van der Waals surface area contributed by atoms with E-state index in [0.29, 0.717) is 19.6 Å². The first kappa shape index (κ1) is 13.4. The van der Waals surface area contributed by atoms with Crippen LogP contribution in [0.15, 0.2) is 0 Å².